The van der Waals surface area contributed by atoms with Crippen molar-refractivity contribution in [2.24, 2.45) is 0 Å². The number of rotatable bonds is 9. The van der Waals surface area contributed by atoms with Gasteiger partial charge in [0, 0.05) is 5.54 Å². The first-order valence-electron chi connectivity index (χ1n) is 12.1. The molecular formula is C28H32N4O4S. The molecule has 9 heteroatoms. The van der Waals surface area contributed by atoms with E-state index in [1.54, 1.807) is 46.2 Å². The molecule has 2 amide bonds. The minimum Gasteiger partial charge on any atom is -0.467 e. The molecule has 0 spiro atoms. The van der Waals surface area contributed by atoms with Crippen molar-refractivity contribution in [2.45, 2.75) is 56.9 Å². The molecular weight excluding hydrogens is 488 g/mol. The van der Waals surface area contributed by atoms with E-state index >= 15 is 0 Å². The van der Waals surface area contributed by atoms with E-state index in [1.807, 2.05) is 69.3 Å². The number of hydrogen-bond acceptors (Lipinski definition) is 5. The fourth-order valence-corrected chi connectivity index (χ4v) is 5.44. The predicted molar refractivity (Wildman–Crippen MR) is 141 cm³/mol. The van der Waals surface area contributed by atoms with Crippen LogP contribution in [0.4, 0.5) is 4.79 Å². The van der Waals surface area contributed by atoms with Gasteiger partial charge in [-0.05, 0) is 44.0 Å². The number of aromatic nitrogens is 2. The molecule has 0 aliphatic carbocycles. The smallest absolute Gasteiger partial charge is 0.318 e. The second kappa shape index (κ2) is 11.0. The van der Waals surface area contributed by atoms with Crippen LogP contribution in [0.1, 0.15) is 43.4 Å². The van der Waals surface area contributed by atoms with Crippen LogP contribution >= 0.6 is 0 Å². The summed E-state index contributed by atoms with van der Waals surface area (Å²) in [6.45, 7) is 6.38. The average molecular weight is 521 g/mol. The van der Waals surface area contributed by atoms with Crippen molar-refractivity contribution >= 4 is 15.9 Å². The van der Waals surface area contributed by atoms with E-state index in [2.05, 4.69) is 10.3 Å². The Labute approximate surface area is 217 Å². The third-order valence-electron chi connectivity index (χ3n) is 5.61. The number of carbonyl (C=O) groups is 1. The van der Waals surface area contributed by atoms with Crippen LogP contribution in [0.25, 0.3) is 0 Å². The van der Waals surface area contributed by atoms with Crippen LogP contribution in [0.3, 0.4) is 0 Å². The van der Waals surface area contributed by atoms with Gasteiger partial charge in [-0.1, -0.05) is 60.7 Å². The number of amides is 2. The number of benzene rings is 2. The summed E-state index contributed by atoms with van der Waals surface area (Å²) in [6, 6.07) is 21.9. The number of nitrogens with one attached hydrogen (secondary N) is 1. The molecule has 2 aromatic heterocycles. The van der Waals surface area contributed by atoms with Gasteiger partial charge < -0.3 is 19.2 Å². The number of carbonyl (C=O) groups excluding carboxylic acids is 1. The van der Waals surface area contributed by atoms with Gasteiger partial charge in [-0.15, -0.1) is 0 Å². The standard InChI is InChI=1S/C28H32N4O4S/c1-28(2,3)30-26(33)31(20-25-15-10-16-36-25)19-24-17-29-27(32(24)18-22-11-6-4-7-12-22)37(34,35)21-23-13-8-5-9-14-23/h4-17H,18-21H2,1-3H3,(H,30,33). The molecule has 0 aliphatic rings. The summed E-state index contributed by atoms with van der Waals surface area (Å²) in [6.07, 6.45) is 3.10. The number of nitrogens with zero attached hydrogens (tertiary/aromatic N) is 3. The molecule has 2 heterocycles. The fourth-order valence-electron chi connectivity index (χ4n) is 3.95. The Morgan fingerprint density at radius 3 is 2.19 bits per heavy atom. The second-order valence-electron chi connectivity index (χ2n) is 9.96. The molecule has 0 saturated heterocycles. The lowest BCUT2D eigenvalue weighted by molar-refractivity contribution is 0.177. The summed E-state index contributed by atoms with van der Waals surface area (Å²) in [7, 11) is -3.76. The van der Waals surface area contributed by atoms with Crippen LogP contribution in [0.15, 0.2) is 94.8 Å². The summed E-state index contributed by atoms with van der Waals surface area (Å²) in [5.74, 6) is 0.454. The first kappa shape index (κ1) is 26.2. The van der Waals surface area contributed by atoms with Crippen molar-refractivity contribution < 1.29 is 17.6 Å². The first-order chi connectivity index (χ1) is 17.6. The molecule has 0 atom stereocenters. The van der Waals surface area contributed by atoms with Crippen LogP contribution in [0.5, 0.6) is 0 Å². The second-order valence-corrected chi connectivity index (χ2v) is 11.8. The van der Waals surface area contributed by atoms with Crippen molar-refractivity contribution in [1.82, 2.24) is 19.8 Å². The predicted octanol–water partition coefficient (Wildman–Crippen LogP) is 5.01. The lowest BCUT2D eigenvalue weighted by Gasteiger charge is -2.28. The van der Waals surface area contributed by atoms with Crippen molar-refractivity contribution in [3.8, 4) is 0 Å². The number of urea groups is 1. The van der Waals surface area contributed by atoms with E-state index < -0.39 is 15.4 Å². The van der Waals surface area contributed by atoms with Crippen LogP contribution in [-0.4, -0.2) is 34.4 Å². The van der Waals surface area contributed by atoms with E-state index in [0.717, 1.165) is 5.56 Å². The molecule has 4 aromatic rings. The van der Waals surface area contributed by atoms with Gasteiger partial charge in [-0.25, -0.2) is 18.2 Å². The van der Waals surface area contributed by atoms with Gasteiger partial charge >= 0.3 is 6.03 Å². The molecule has 0 saturated carbocycles. The van der Waals surface area contributed by atoms with Gasteiger partial charge in [0.15, 0.2) is 0 Å². The van der Waals surface area contributed by atoms with E-state index in [9.17, 15) is 13.2 Å². The van der Waals surface area contributed by atoms with Gasteiger partial charge in [-0.3, -0.25) is 0 Å². The lowest BCUT2D eigenvalue weighted by Crippen LogP contribution is -2.48. The molecule has 2 aromatic carbocycles. The molecule has 194 valence electrons. The molecule has 37 heavy (non-hydrogen) atoms. The van der Waals surface area contributed by atoms with E-state index in [4.69, 9.17) is 4.42 Å². The fraction of sp³-hybridized carbons (Fsp3) is 0.286. The summed E-state index contributed by atoms with van der Waals surface area (Å²) >= 11 is 0. The van der Waals surface area contributed by atoms with Gasteiger partial charge in [0.2, 0.25) is 15.0 Å². The zero-order valence-corrected chi connectivity index (χ0v) is 22.1. The minimum atomic E-state index is -3.76. The third kappa shape index (κ3) is 7.10. The Morgan fingerprint density at radius 1 is 0.946 bits per heavy atom. The van der Waals surface area contributed by atoms with Gasteiger partial charge in [0.1, 0.15) is 5.76 Å². The first-order valence-corrected chi connectivity index (χ1v) is 13.7. The molecule has 4 rings (SSSR count). The van der Waals surface area contributed by atoms with E-state index in [1.165, 1.54) is 0 Å². The number of hydrogen-bond donors (Lipinski definition) is 1. The maximum absolute atomic E-state index is 13.5. The Kier molecular flexibility index (Phi) is 7.83. The molecule has 0 aliphatic heterocycles. The lowest BCUT2D eigenvalue weighted by atomic mass is 10.1. The molecule has 1 N–H and O–H groups in total. The van der Waals surface area contributed by atoms with Crippen LogP contribution in [0, 0.1) is 0 Å². The van der Waals surface area contributed by atoms with E-state index in [-0.39, 0.29) is 30.0 Å². The maximum atomic E-state index is 13.5. The highest BCUT2D eigenvalue weighted by molar-refractivity contribution is 7.90. The Hall–Kier alpha value is -3.85. The van der Waals surface area contributed by atoms with Gasteiger partial charge in [0.05, 0.1) is 43.5 Å². The quantitative estimate of drug-likeness (QED) is 0.335. The maximum Gasteiger partial charge on any atom is 0.318 e. The Morgan fingerprint density at radius 2 is 1.59 bits per heavy atom. The highest BCUT2D eigenvalue weighted by Gasteiger charge is 2.27. The number of imidazole rings is 1. The zero-order valence-electron chi connectivity index (χ0n) is 21.3. The third-order valence-corrected chi connectivity index (χ3v) is 7.21. The molecule has 8 nitrogen and oxygen atoms in total. The Bertz CT molecular complexity index is 1410. The summed E-state index contributed by atoms with van der Waals surface area (Å²) in [5.41, 5.74) is 1.76. The normalized spacial score (nSPS) is 11.9. The van der Waals surface area contributed by atoms with Crippen LogP contribution < -0.4 is 5.32 Å². The van der Waals surface area contributed by atoms with Crippen molar-refractivity contribution in [3.05, 3.63) is 108 Å². The average Bonchev–Trinajstić information content (AvgIpc) is 3.49. The van der Waals surface area contributed by atoms with Gasteiger partial charge in [0.25, 0.3) is 0 Å². The van der Waals surface area contributed by atoms with Crippen molar-refractivity contribution in [1.29, 1.82) is 0 Å². The molecule has 0 bridgehead atoms. The van der Waals surface area contributed by atoms with Crippen LogP contribution in [-0.2, 0) is 35.2 Å². The highest BCUT2D eigenvalue weighted by Crippen LogP contribution is 2.21. The van der Waals surface area contributed by atoms with Crippen LogP contribution in [0.2, 0.25) is 0 Å². The number of sulfone groups is 1. The van der Waals surface area contributed by atoms with E-state index in [0.29, 0.717) is 23.6 Å². The molecule has 0 fully saturated rings. The minimum absolute atomic E-state index is 0.0237. The summed E-state index contributed by atoms with van der Waals surface area (Å²) < 4.78 is 34.2. The SMILES string of the molecule is CC(C)(C)NC(=O)N(Cc1ccco1)Cc1cnc(S(=O)(=O)Cc2ccccc2)n1Cc1ccccc1. The molecule has 0 unspecified atom stereocenters. The largest absolute Gasteiger partial charge is 0.467 e. The highest BCUT2D eigenvalue weighted by atomic mass is 32.2. The Balaban J connectivity index is 1.71. The summed E-state index contributed by atoms with van der Waals surface area (Å²) in [4.78, 5) is 19.2. The van der Waals surface area contributed by atoms with Crippen molar-refractivity contribution in [2.75, 3.05) is 0 Å². The zero-order chi connectivity index (χ0) is 26.5. The van der Waals surface area contributed by atoms with Crippen molar-refractivity contribution in [3.63, 3.8) is 0 Å². The molecule has 0 radical (unpaired) electrons. The summed E-state index contributed by atoms with van der Waals surface area (Å²) in [5, 5.41) is 2.96. The number of furan rings is 1. The topological polar surface area (TPSA) is 97.4 Å². The van der Waals surface area contributed by atoms with Gasteiger partial charge in [-0.2, -0.15) is 0 Å². The monoisotopic (exact) mass is 520 g/mol.